The Labute approximate surface area is 83.9 Å². The Kier molecular flexibility index (Phi) is 2.53. The fraction of sp³-hybridized carbons (Fsp3) is 0.417. The molecular formula is C12H14O2. The van der Waals surface area contributed by atoms with Crippen molar-refractivity contribution in [2.24, 2.45) is 0 Å². The van der Waals surface area contributed by atoms with E-state index in [1.165, 1.54) is 0 Å². The van der Waals surface area contributed by atoms with Gasteiger partial charge < -0.3 is 4.74 Å². The minimum atomic E-state index is -0.171. The minimum absolute atomic E-state index is 0.171. The average molecular weight is 190 g/mol. The molecule has 0 amide bonds. The second kappa shape index (κ2) is 3.82. The van der Waals surface area contributed by atoms with Crippen LogP contribution >= 0.6 is 0 Å². The van der Waals surface area contributed by atoms with Crippen molar-refractivity contribution in [3.63, 3.8) is 0 Å². The summed E-state index contributed by atoms with van der Waals surface area (Å²) >= 11 is 0. The summed E-state index contributed by atoms with van der Waals surface area (Å²) < 4.78 is 5.23. The molecule has 2 nitrogen and oxygen atoms in total. The maximum atomic E-state index is 11.4. The van der Waals surface area contributed by atoms with E-state index in [2.05, 4.69) is 13.0 Å². The second-order valence-corrected chi connectivity index (χ2v) is 3.59. The van der Waals surface area contributed by atoms with Crippen LogP contribution in [-0.4, -0.2) is 5.97 Å². The van der Waals surface area contributed by atoms with E-state index in [1.807, 2.05) is 12.2 Å². The van der Waals surface area contributed by atoms with Gasteiger partial charge in [0, 0.05) is 12.0 Å². The van der Waals surface area contributed by atoms with Gasteiger partial charge in [0.15, 0.2) is 0 Å². The fourth-order valence-electron chi connectivity index (χ4n) is 1.75. The van der Waals surface area contributed by atoms with Gasteiger partial charge in [-0.1, -0.05) is 31.6 Å². The predicted octanol–water partition coefficient (Wildman–Crippen LogP) is 2.87. The van der Waals surface area contributed by atoms with Gasteiger partial charge >= 0.3 is 5.97 Å². The van der Waals surface area contributed by atoms with Crippen molar-refractivity contribution < 1.29 is 9.53 Å². The molecule has 0 fully saturated rings. The molecule has 0 aromatic carbocycles. The van der Waals surface area contributed by atoms with Crippen LogP contribution in [0.3, 0.4) is 0 Å². The van der Waals surface area contributed by atoms with Crippen molar-refractivity contribution in [1.29, 1.82) is 0 Å². The van der Waals surface area contributed by atoms with E-state index in [0.29, 0.717) is 0 Å². The molecule has 2 rings (SSSR count). The molecule has 0 spiro atoms. The van der Waals surface area contributed by atoms with Crippen LogP contribution in [0, 0.1) is 0 Å². The first-order chi connectivity index (χ1) is 6.83. The number of rotatable bonds is 3. The van der Waals surface area contributed by atoms with E-state index >= 15 is 0 Å². The van der Waals surface area contributed by atoms with Gasteiger partial charge in [0.25, 0.3) is 0 Å². The number of hydrogen-bond acceptors (Lipinski definition) is 2. The normalized spacial score (nSPS) is 19.5. The maximum Gasteiger partial charge on any atom is 0.343 e. The highest BCUT2D eigenvalue weighted by atomic mass is 16.5. The lowest BCUT2D eigenvalue weighted by atomic mass is 9.99. The van der Waals surface area contributed by atoms with E-state index < -0.39 is 0 Å². The lowest BCUT2D eigenvalue weighted by Crippen LogP contribution is -1.99. The molecule has 14 heavy (non-hydrogen) atoms. The largest absolute Gasteiger partial charge is 0.427 e. The van der Waals surface area contributed by atoms with Crippen molar-refractivity contribution in [2.75, 3.05) is 0 Å². The zero-order valence-corrected chi connectivity index (χ0v) is 8.38. The number of cyclic esters (lactones) is 1. The molecule has 0 unspecified atom stereocenters. The van der Waals surface area contributed by atoms with Gasteiger partial charge in [0.05, 0.1) is 5.57 Å². The van der Waals surface area contributed by atoms with Gasteiger partial charge in [-0.15, -0.1) is 0 Å². The molecular weight excluding hydrogens is 176 g/mol. The third kappa shape index (κ3) is 1.52. The summed E-state index contributed by atoms with van der Waals surface area (Å²) in [5.74, 6) is 0.689. The van der Waals surface area contributed by atoms with Crippen LogP contribution in [0.25, 0.3) is 0 Å². The van der Waals surface area contributed by atoms with E-state index in [1.54, 1.807) is 0 Å². The molecule has 1 aliphatic heterocycles. The molecule has 1 heterocycles. The molecule has 0 N–H and O–H groups in total. The molecule has 0 aromatic rings. The number of fused-ring (bicyclic) bond motifs is 1. The Balaban J connectivity index is 2.22. The molecule has 0 saturated carbocycles. The van der Waals surface area contributed by atoms with E-state index in [9.17, 15) is 4.79 Å². The van der Waals surface area contributed by atoms with E-state index in [0.717, 1.165) is 42.6 Å². The Bertz CT molecular complexity index is 345. The molecule has 74 valence electrons. The SMILES string of the molecule is CCCCC1=C2C=CCC=C2C(=O)O1. The van der Waals surface area contributed by atoms with Crippen molar-refractivity contribution in [1.82, 2.24) is 0 Å². The molecule has 1 aliphatic carbocycles. The minimum Gasteiger partial charge on any atom is -0.427 e. The summed E-state index contributed by atoms with van der Waals surface area (Å²) in [6, 6.07) is 0. The summed E-state index contributed by atoms with van der Waals surface area (Å²) in [6.45, 7) is 2.13. The van der Waals surface area contributed by atoms with Crippen LogP contribution < -0.4 is 0 Å². The fourth-order valence-corrected chi connectivity index (χ4v) is 1.75. The standard InChI is InChI=1S/C12H14O2/c1-2-3-8-11-9-6-4-5-7-10(9)12(13)14-11/h4,6-7H,2-3,5,8H2,1H3. The number of ether oxygens (including phenoxy) is 1. The predicted molar refractivity (Wildman–Crippen MR) is 54.5 cm³/mol. The van der Waals surface area contributed by atoms with Crippen molar-refractivity contribution >= 4 is 5.97 Å². The first kappa shape index (κ1) is 9.25. The third-order valence-corrected chi connectivity index (χ3v) is 2.53. The summed E-state index contributed by atoms with van der Waals surface area (Å²) in [4.78, 5) is 11.4. The molecule has 2 aliphatic rings. The van der Waals surface area contributed by atoms with Crippen LogP contribution in [0.5, 0.6) is 0 Å². The van der Waals surface area contributed by atoms with E-state index in [-0.39, 0.29) is 5.97 Å². The first-order valence-corrected chi connectivity index (χ1v) is 5.15. The topological polar surface area (TPSA) is 26.3 Å². The van der Waals surface area contributed by atoms with Gasteiger partial charge in [0.1, 0.15) is 5.76 Å². The molecule has 2 heteroatoms. The first-order valence-electron chi connectivity index (χ1n) is 5.15. The van der Waals surface area contributed by atoms with Gasteiger partial charge in [-0.05, 0) is 12.8 Å². The zero-order valence-electron chi connectivity index (χ0n) is 8.38. The number of hydrogen-bond donors (Lipinski definition) is 0. The van der Waals surface area contributed by atoms with Gasteiger partial charge in [-0.25, -0.2) is 4.79 Å². The number of carbonyl (C=O) groups excluding carboxylic acids is 1. The number of unbranched alkanes of at least 4 members (excludes halogenated alkanes) is 1. The summed E-state index contributed by atoms with van der Waals surface area (Å²) in [6.07, 6.45) is 9.92. The van der Waals surface area contributed by atoms with E-state index in [4.69, 9.17) is 4.74 Å². The molecule has 0 bridgehead atoms. The van der Waals surface area contributed by atoms with Gasteiger partial charge in [-0.3, -0.25) is 0 Å². The van der Waals surface area contributed by atoms with Crippen LogP contribution in [0.1, 0.15) is 32.6 Å². The van der Waals surface area contributed by atoms with Crippen LogP contribution in [0.2, 0.25) is 0 Å². The Morgan fingerprint density at radius 2 is 2.36 bits per heavy atom. The van der Waals surface area contributed by atoms with Crippen LogP contribution in [0.15, 0.2) is 35.1 Å². The summed E-state index contributed by atoms with van der Waals surface area (Å²) in [5.41, 5.74) is 1.77. The molecule has 0 atom stereocenters. The number of allylic oxidation sites excluding steroid dienone is 4. The smallest absolute Gasteiger partial charge is 0.343 e. The highest BCUT2D eigenvalue weighted by Crippen LogP contribution is 2.32. The highest BCUT2D eigenvalue weighted by Gasteiger charge is 2.28. The third-order valence-electron chi connectivity index (χ3n) is 2.53. The lowest BCUT2D eigenvalue weighted by molar-refractivity contribution is -0.133. The van der Waals surface area contributed by atoms with Crippen LogP contribution in [0.4, 0.5) is 0 Å². The van der Waals surface area contributed by atoms with Crippen molar-refractivity contribution in [3.05, 3.63) is 35.1 Å². The zero-order chi connectivity index (χ0) is 9.97. The number of carbonyl (C=O) groups is 1. The van der Waals surface area contributed by atoms with Gasteiger partial charge in [-0.2, -0.15) is 0 Å². The van der Waals surface area contributed by atoms with Gasteiger partial charge in [0.2, 0.25) is 0 Å². The monoisotopic (exact) mass is 190 g/mol. The molecule has 0 aromatic heterocycles. The van der Waals surface area contributed by atoms with Crippen LogP contribution in [-0.2, 0) is 9.53 Å². The summed E-state index contributed by atoms with van der Waals surface area (Å²) in [7, 11) is 0. The Morgan fingerprint density at radius 3 is 3.14 bits per heavy atom. The second-order valence-electron chi connectivity index (χ2n) is 3.59. The summed E-state index contributed by atoms with van der Waals surface area (Å²) in [5, 5.41) is 0. The molecule has 0 saturated heterocycles. The Hall–Kier alpha value is -1.31. The molecule has 0 radical (unpaired) electrons. The van der Waals surface area contributed by atoms with Crippen molar-refractivity contribution in [2.45, 2.75) is 32.6 Å². The Morgan fingerprint density at radius 1 is 1.50 bits per heavy atom. The lowest BCUT2D eigenvalue weighted by Gasteiger charge is -2.02. The quantitative estimate of drug-likeness (QED) is 0.639. The maximum absolute atomic E-state index is 11.4. The average Bonchev–Trinajstić information content (AvgIpc) is 2.54. The van der Waals surface area contributed by atoms with Crippen molar-refractivity contribution in [3.8, 4) is 0 Å². The highest BCUT2D eigenvalue weighted by molar-refractivity contribution is 5.98. The number of esters is 1.